The maximum Gasteiger partial charge on any atom is 0.0338 e. The Labute approximate surface area is 121 Å². The van der Waals surface area contributed by atoms with Crippen LogP contribution in [0.1, 0.15) is 26.7 Å². The number of hydrogen-bond donors (Lipinski definition) is 1. The minimum atomic E-state index is 1.16. The zero-order valence-electron chi connectivity index (χ0n) is 12.1. The normalized spacial score (nSPS) is 13.6. The number of rotatable bonds is 3. The zero-order valence-corrected chi connectivity index (χ0v) is 12.9. The lowest BCUT2D eigenvalue weighted by Gasteiger charge is -2.10. The summed E-state index contributed by atoms with van der Waals surface area (Å²) >= 11 is 1.84. The molecular formula is C17H23NS. The summed E-state index contributed by atoms with van der Waals surface area (Å²) in [5.74, 6) is 0. The molecule has 0 aliphatic heterocycles. The number of allylic oxidation sites excluding steroid dienone is 4. The first-order valence-corrected chi connectivity index (χ1v) is 7.41. The number of benzene rings is 1. The second kappa shape index (κ2) is 8.65. The number of anilines is 1. The van der Waals surface area contributed by atoms with E-state index in [1.54, 1.807) is 6.08 Å². The third-order valence-electron chi connectivity index (χ3n) is 2.65. The number of hydrogen-bond acceptors (Lipinski definition) is 2. The maximum absolute atomic E-state index is 3.36. The lowest BCUT2D eigenvalue weighted by Crippen LogP contribution is -1.88. The van der Waals surface area contributed by atoms with Crippen LogP contribution < -0.4 is 5.32 Å². The van der Waals surface area contributed by atoms with Crippen LogP contribution in [0.15, 0.2) is 64.4 Å². The molecule has 0 spiro atoms. The van der Waals surface area contributed by atoms with E-state index in [0.29, 0.717) is 0 Å². The summed E-state index contributed by atoms with van der Waals surface area (Å²) in [6.45, 7) is 7.46. The van der Waals surface area contributed by atoms with E-state index >= 15 is 0 Å². The molecule has 0 bridgehead atoms. The van der Waals surface area contributed by atoms with E-state index < -0.39 is 0 Å². The van der Waals surface area contributed by atoms with Crippen LogP contribution in [-0.2, 0) is 0 Å². The van der Waals surface area contributed by atoms with Gasteiger partial charge in [0.05, 0.1) is 0 Å². The van der Waals surface area contributed by atoms with E-state index in [-0.39, 0.29) is 0 Å². The highest BCUT2D eigenvalue weighted by Crippen LogP contribution is 2.32. The van der Waals surface area contributed by atoms with Gasteiger partial charge in [-0.1, -0.05) is 29.5 Å². The molecule has 0 unspecified atom stereocenters. The molecule has 0 atom stereocenters. The Hall–Kier alpha value is -1.41. The van der Waals surface area contributed by atoms with Crippen molar-refractivity contribution in [1.29, 1.82) is 0 Å². The molecule has 19 heavy (non-hydrogen) atoms. The first-order valence-electron chi connectivity index (χ1n) is 6.59. The van der Waals surface area contributed by atoms with Gasteiger partial charge in [0.15, 0.2) is 0 Å². The van der Waals surface area contributed by atoms with Gasteiger partial charge in [0, 0.05) is 22.5 Å². The molecule has 102 valence electrons. The summed E-state index contributed by atoms with van der Waals surface area (Å²) in [6, 6.07) is 8.55. The molecule has 1 nitrogen and oxygen atoms in total. The average molecular weight is 273 g/mol. The summed E-state index contributed by atoms with van der Waals surface area (Å²) in [4.78, 5) is 2.68. The molecule has 0 amide bonds. The van der Waals surface area contributed by atoms with Crippen LogP contribution in [-0.4, -0.2) is 7.05 Å². The van der Waals surface area contributed by atoms with E-state index in [1.807, 2.05) is 25.7 Å². The van der Waals surface area contributed by atoms with Crippen molar-refractivity contribution >= 4 is 17.4 Å². The molecule has 1 aromatic carbocycles. The fourth-order valence-corrected chi connectivity index (χ4v) is 2.72. The summed E-state index contributed by atoms with van der Waals surface area (Å²) in [5.41, 5.74) is 2.64. The monoisotopic (exact) mass is 273 g/mol. The van der Waals surface area contributed by atoms with Crippen molar-refractivity contribution in [2.75, 3.05) is 12.4 Å². The minimum Gasteiger partial charge on any atom is -0.388 e. The zero-order chi connectivity index (χ0) is 14.1. The molecule has 0 heterocycles. The van der Waals surface area contributed by atoms with Gasteiger partial charge in [0.1, 0.15) is 0 Å². The molecule has 0 aromatic heterocycles. The van der Waals surface area contributed by atoms with Gasteiger partial charge in [-0.3, -0.25) is 0 Å². The highest BCUT2D eigenvalue weighted by atomic mass is 32.2. The van der Waals surface area contributed by atoms with Crippen molar-refractivity contribution in [3.8, 4) is 0 Å². The Morgan fingerprint density at radius 3 is 2.42 bits per heavy atom. The molecule has 2 rings (SSSR count). The predicted molar refractivity (Wildman–Crippen MR) is 88.8 cm³/mol. The summed E-state index contributed by atoms with van der Waals surface area (Å²) in [6.07, 6.45) is 8.76. The van der Waals surface area contributed by atoms with Gasteiger partial charge in [-0.2, -0.15) is 0 Å². The molecule has 0 saturated carbocycles. The minimum absolute atomic E-state index is 1.16. The van der Waals surface area contributed by atoms with Crippen LogP contribution in [0.3, 0.4) is 0 Å². The molecule has 0 fully saturated rings. The maximum atomic E-state index is 3.36. The molecule has 0 radical (unpaired) electrons. The Kier molecular flexibility index (Phi) is 7.12. The molecule has 1 aromatic rings. The number of thioether (sulfide) groups is 1. The second-order valence-electron chi connectivity index (χ2n) is 4.42. The van der Waals surface area contributed by atoms with Crippen molar-refractivity contribution in [1.82, 2.24) is 0 Å². The fourth-order valence-electron chi connectivity index (χ4n) is 1.71. The van der Waals surface area contributed by atoms with E-state index in [9.17, 15) is 0 Å². The smallest absolute Gasteiger partial charge is 0.0338 e. The van der Waals surface area contributed by atoms with Crippen LogP contribution >= 0.6 is 11.8 Å². The van der Waals surface area contributed by atoms with Gasteiger partial charge in [0.25, 0.3) is 0 Å². The van der Waals surface area contributed by atoms with Gasteiger partial charge in [-0.25, -0.2) is 0 Å². The van der Waals surface area contributed by atoms with E-state index in [4.69, 9.17) is 0 Å². The van der Waals surface area contributed by atoms with Crippen molar-refractivity contribution in [2.24, 2.45) is 0 Å². The van der Waals surface area contributed by atoms with E-state index in [0.717, 1.165) is 5.69 Å². The Morgan fingerprint density at radius 1 is 1.26 bits per heavy atom. The van der Waals surface area contributed by atoms with Gasteiger partial charge in [-0.15, -0.1) is 6.58 Å². The third kappa shape index (κ3) is 5.84. The van der Waals surface area contributed by atoms with Gasteiger partial charge in [-0.05, 0) is 57.0 Å². The largest absolute Gasteiger partial charge is 0.388 e. The Balaban J connectivity index is 0.000000550. The van der Waals surface area contributed by atoms with Gasteiger partial charge >= 0.3 is 0 Å². The van der Waals surface area contributed by atoms with Crippen LogP contribution in [0, 0.1) is 0 Å². The standard InChI is InChI=1S/C14H17NS.C3H6/c1-11-4-3-5-14(10-11)16-13-8-6-12(15-2)7-9-13;1-3-2/h5-10,15H,3-4H2,1-2H3;3H,1H2,2H3. The summed E-state index contributed by atoms with van der Waals surface area (Å²) in [5, 5.41) is 3.13. The predicted octanol–water partition coefficient (Wildman–Crippen LogP) is 5.64. The number of nitrogens with one attached hydrogen (secondary N) is 1. The van der Waals surface area contributed by atoms with Crippen LogP contribution in [0.25, 0.3) is 0 Å². The molecular weight excluding hydrogens is 250 g/mol. The second-order valence-corrected chi connectivity index (χ2v) is 5.57. The van der Waals surface area contributed by atoms with Gasteiger partial charge in [0.2, 0.25) is 0 Å². The third-order valence-corrected chi connectivity index (χ3v) is 3.68. The van der Waals surface area contributed by atoms with Crippen molar-refractivity contribution in [2.45, 2.75) is 31.6 Å². The van der Waals surface area contributed by atoms with Crippen LogP contribution in [0.2, 0.25) is 0 Å². The van der Waals surface area contributed by atoms with E-state index in [2.05, 4.69) is 55.2 Å². The van der Waals surface area contributed by atoms with Crippen LogP contribution in [0.5, 0.6) is 0 Å². The molecule has 0 saturated heterocycles. The van der Waals surface area contributed by atoms with Crippen molar-refractivity contribution in [3.63, 3.8) is 0 Å². The van der Waals surface area contributed by atoms with Crippen molar-refractivity contribution in [3.05, 3.63) is 59.6 Å². The quantitative estimate of drug-likeness (QED) is 0.716. The lowest BCUT2D eigenvalue weighted by atomic mass is 10.1. The van der Waals surface area contributed by atoms with Crippen LogP contribution in [0.4, 0.5) is 5.69 Å². The highest BCUT2D eigenvalue weighted by Gasteiger charge is 2.03. The molecule has 1 aliphatic rings. The van der Waals surface area contributed by atoms with Crippen molar-refractivity contribution < 1.29 is 0 Å². The van der Waals surface area contributed by atoms with Gasteiger partial charge < -0.3 is 5.32 Å². The molecule has 2 heteroatoms. The topological polar surface area (TPSA) is 12.0 Å². The molecule has 1 aliphatic carbocycles. The average Bonchev–Trinajstić information content (AvgIpc) is 2.40. The lowest BCUT2D eigenvalue weighted by molar-refractivity contribution is 0.958. The Bertz CT molecular complexity index is 455. The Morgan fingerprint density at radius 2 is 1.89 bits per heavy atom. The highest BCUT2D eigenvalue weighted by molar-refractivity contribution is 8.03. The first-order chi connectivity index (χ1) is 9.19. The molecule has 1 N–H and O–H groups in total. The fraction of sp³-hybridized carbons (Fsp3) is 0.294. The summed E-state index contributed by atoms with van der Waals surface area (Å²) in [7, 11) is 1.94. The SMILES string of the molecule is C=CC.CNc1ccc(SC2=CCCC(C)=C2)cc1. The first kappa shape index (κ1) is 15.6. The van der Waals surface area contributed by atoms with E-state index in [1.165, 1.54) is 28.2 Å². The summed E-state index contributed by atoms with van der Waals surface area (Å²) < 4.78 is 0.